The predicted molar refractivity (Wildman–Crippen MR) is 222 cm³/mol. The van der Waals surface area contributed by atoms with Crippen molar-refractivity contribution in [3.05, 3.63) is 90.6 Å². The zero-order chi connectivity index (χ0) is 37.4. The van der Waals surface area contributed by atoms with E-state index in [9.17, 15) is 4.79 Å². The number of allylic oxidation sites excluding steroid dienone is 10. The van der Waals surface area contributed by atoms with Gasteiger partial charge in [-0.15, -0.1) is 0 Å². The Morgan fingerprint density at radius 1 is 0.596 bits per heavy atom. The predicted octanol–water partition coefficient (Wildman–Crippen LogP) is 13.5. The van der Waals surface area contributed by atoms with Crippen molar-refractivity contribution >= 4 is 5.97 Å². The van der Waals surface area contributed by atoms with Gasteiger partial charge in [-0.3, -0.25) is 4.79 Å². The molecule has 0 aliphatic heterocycles. The molecule has 1 rings (SSSR count). The average molecular weight is 721 g/mol. The Bertz CT molecular complexity index is 1070. The summed E-state index contributed by atoms with van der Waals surface area (Å²) in [4.78, 5) is 12.5. The third-order valence-corrected chi connectivity index (χ3v) is 8.89. The topological polar surface area (TPSA) is 54.0 Å². The van der Waals surface area contributed by atoms with Crippen LogP contribution in [-0.4, -0.2) is 39.0 Å². The highest BCUT2D eigenvalue weighted by atomic mass is 16.6. The van der Waals surface area contributed by atoms with Crippen LogP contribution in [0.1, 0.15) is 161 Å². The van der Waals surface area contributed by atoms with Gasteiger partial charge in [-0.1, -0.05) is 145 Å². The quantitative estimate of drug-likeness (QED) is 0.0392. The first-order valence-electron chi connectivity index (χ1n) is 20.9. The van der Waals surface area contributed by atoms with Crippen LogP contribution in [0.5, 0.6) is 5.75 Å². The Balaban J connectivity index is 2.21. The number of methoxy groups -OCH3 is 1. The molecule has 5 nitrogen and oxygen atoms in total. The van der Waals surface area contributed by atoms with Crippen LogP contribution >= 0.6 is 0 Å². The van der Waals surface area contributed by atoms with Crippen molar-refractivity contribution in [2.45, 2.75) is 168 Å². The maximum absolute atomic E-state index is 12.5. The zero-order valence-electron chi connectivity index (χ0n) is 33.6. The minimum absolute atomic E-state index is 0.140. The summed E-state index contributed by atoms with van der Waals surface area (Å²) in [6.07, 6.45) is 47.3. The van der Waals surface area contributed by atoms with Gasteiger partial charge in [0, 0.05) is 13.0 Å². The Hall–Kier alpha value is -2.89. The summed E-state index contributed by atoms with van der Waals surface area (Å²) in [7, 11) is 1.67. The number of ether oxygens (including phenoxy) is 4. The molecule has 0 heterocycles. The van der Waals surface area contributed by atoms with Crippen LogP contribution in [0.15, 0.2) is 85.0 Å². The van der Waals surface area contributed by atoms with Gasteiger partial charge in [0.25, 0.3) is 0 Å². The lowest BCUT2D eigenvalue weighted by Gasteiger charge is -2.18. The van der Waals surface area contributed by atoms with Crippen molar-refractivity contribution in [2.75, 3.05) is 26.9 Å². The molecule has 0 aromatic heterocycles. The normalized spacial score (nSPS) is 12.8. The summed E-state index contributed by atoms with van der Waals surface area (Å²) in [6, 6.07) is 7.88. The monoisotopic (exact) mass is 721 g/mol. The van der Waals surface area contributed by atoms with Gasteiger partial charge < -0.3 is 18.9 Å². The van der Waals surface area contributed by atoms with Gasteiger partial charge >= 0.3 is 5.97 Å². The van der Waals surface area contributed by atoms with E-state index >= 15 is 0 Å². The van der Waals surface area contributed by atoms with E-state index in [1.165, 1.54) is 70.6 Å². The number of esters is 1. The lowest BCUT2D eigenvalue weighted by Crippen LogP contribution is -2.27. The van der Waals surface area contributed by atoms with Crippen molar-refractivity contribution in [3.8, 4) is 5.75 Å². The molecule has 0 N–H and O–H groups in total. The smallest absolute Gasteiger partial charge is 0.305 e. The lowest BCUT2D eigenvalue weighted by atomic mass is 10.1. The van der Waals surface area contributed by atoms with Gasteiger partial charge in [-0.25, -0.2) is 0 Å². The molecular formula is C47H76O5. The van der Waals surface area contributed by atoms with Crippen LogP contribution in [0.3, 0.4) is 0 Å². The number of unbranched alkanes of at least 4 members (excludes halogenated alkanes) is 14. The van der Waals surface area contributed by atoms with E-state index in [0.29, 0.717) is 26.2 Å². The van der Waals surface area contributed by atoms with Crippen LogP contribution in [0, 0.1) is 0 Å². The summed E-state index contributed by atoms with van der Waals surface area (Å²) < 4.78 is 23.1. The maximum atomic E-state index is 12.5. The number of rotatable bonds is 36. The van der Waals surface area contributed by atoms with Crippen molar-refractivity contribution in [1.82, 2.24) is 0 Å². The fraction of sp³-hybridized carbons (Fsp3) is 0.638. The molecule has 0 unspecified atom stereocenters. The Kier molecular flexibility index (Phi) is 34.3. The molecule has 1 aromatic rings. The largest absolute Gasteiger partial charge is 0.497 e. The molecule has 52 heavy (non-hydrogen) atoms. The Labute approximate surface area is 320 Å². The first-order valence-corrected chi connectivity index (χ1v) is 20.9. The highest BCUT2D eigenvalue weighted by Gasteiger charge is 2.14. The third-order valence-electron chi connectivity index (χ3n) is 8.89. The fourth-order valence-electron chi connectivity index (χ4n) is 5.66. The number of carbonyl (C=O) groups is 1. The second kappa shape index (κ2) is 37.9. The molecule has 0 bridgehead atoms. The van der Waals surface area contributed by atoms with Crippen molar-refractivity contribution in [1.29, 1.82) is 0 Å². The molecule has 294 valence electrons. The Morgan fingerprint density at radius 3 is 1.69 bits per heavy atom. The van der Waals surface area contributed by atoms with E-state index in [0.717, 1.165) is 75.5 Å². The van der Waals surface area contributed by atoms with Crippen LogP contribution in [0.2, 0.25) is 0 Å². The fourth-order valence-corrected chi connectivity index (χ4v) is 5.66. The maximum Gasteiger partial charge on any atom is 0.305 e. The number of hydrogen-bond donors (Lipinski definition) is 0. The van der Waals surface area contributed by atoms with E-state index in [1.54, 1.807) is 7.11 Å². The van der Waals surface area contributed by atoms with E-state index in [1.807, 2.05) is 24.3 Å². The summed E-state index contributed by atoms with van der Waals surface area (Å²) in [6.45, 7) is 6.18. The zero-order valence-corrected chi connectivity index (χ0v) is 33.6. The second-order valence-electron chi connectivity index (χ2n) is 13.7. The van der Waals surface area contributed by atoms with Gasteiger partial charge in [0.15, 0.2) is 0 Å². The van der Waals surface area contributed by atoms with E-state index < -0.39 is 0 Å². The molecule has 0 amide bonds. The summed E-state index contributed by atoms with van der Waals surface area (Å²) in [5.74, 6) is 0.686. The molecule has 0 saturated carbocycles. The molecule has 0 spiro atoms. The SMILES string of the molecule is CC/C=C\C/C=C\C/C=C\CCCCCCCC(=O)OC[C@H](COCc1ccc(OC)cc1)OCCCCCCCC/C=C\C/C=C\CCCCC. The van der Waals surface area contributed by atoms with E-state index in [2.05, 4.69) is 74.6 Å². The Morgan fingerprint density at radius 2 is 1.12 bits per heavy atom. The summed E-state index contributed by atoms with van der Waals surface area (Å²) in [5, 5.41) is 0. The van der Waals surface area contributed by atoms with Gasteiger partial charge in [-0.05, 0) is 94.7 Å². The number of benzene rings is 1. The molecule has 1 atom stereocenters. The van der Waals surface area contributed by atoms with Gasteiger partial charge in [0.2, 0.25) is 0 Å². The molecule has 0 fully saturated rings. The van der Waals surface area contributed by atoms with Crippen molar-refractivity contribution in [3.63, 3.8) is 0 Å². The first-order chi connectivity index (χ1) is 25.7. The highest BCUT2D eigenvalue weighted by Crippen LogP contribution is 2.14. The molecule has 0 radical (unpaired) electrons. The lowest BCUT2D eigenvalue weighted by molar-refractivity contribution is -0.150. The van der Waals surface area contributed by atoms with Gasteiger partial charge in [-0.2, -0.15) is 0 Å². The van der Waals surface area contributed by atoms with Crippen LogP contribution in [0.25, 0.3) is 0 Å². The number of carbonyl (C=O) groups excluding carboxylic acids is 1. The average Bonchev–Trinajstić information content (AvgIpc) is 3.16. The molecular weight excluding hydrogens is 645 g/mol. The van der Waals surface area contributed by atoms with Gasteiger partial charge in [0.1, 0.15) is 18.5 Å². The second-order valence-corrected chi connectivity index (χ2v) is 13.7. The number of hydrogen-bond acceptors (Lipinski definition) is 5. The molecule has 5 heteroatoms. The van der Waals surface area contributed by atoms with Crippen LogP contribution in [0.4, 0.5) is 0 Å². The molecule has 0 saturated heterocycles. The molecule has 0 aliphatic rings. The summed E-state index contributed by atoms with van der Waals surface area (Å²) in [5.41, 5.74) is 1.07. The van der Waals surface area contributed by atoms with E-state index in [4.69, 9.17) is 18.9 Å². The van der Waals surface area contributed by atoms with Crippen molar-refractivity contribution < 1.29 is 23.7 Å². The third kappa shape index (κ3) is 31.8. The first kappa shape index (κ1) is 47.1. The van der Waals surface area contributed by atoms with Crippen molar-refractivity contribution in [2.24, 2.45) is 0 Å². The minimum Gasteiger partial charge on any atom is -0.497 e. The van der Waals surface area contributed by atoms with E-state index in [-0.39, 0.29) is 18.7 Å². The van der Waals surface area contributed by atoms with Gasteiger partial charge in [0.05, 0.1) is 20.3 Å². The highest BCUT2D eigenvalue weighted by molar-refractivity contribution is 5.69. The standard InChI is InChI=1S/C47H76O5/c1-4-6-8-10-12-14-16-18-20-22-24-26-28-30-32-34-40-51-46(42-50-41-44-36-38-45(49-3)39-37-44)43-52-47(48)35-33-31-29-27-25-23-21-19-17-15-13-11-9-7-5-2/h7,9,12-15,18-21,36-39,46H,4-6,8,10-11,16-17,22-35,40-43H2,1-3H3/b9-7-,14-12-,15-13-,20-18-,21-19-/t46-/m0/s1. The van der Waals surface area contributed by atoms with Crippen LogP contribution < -0.4 is 4.74 Å². The molecule has 0 aliphatic carbocycles. The van der Waals surface area contributed by atoms with Crippen LogP contribution in [-0.2, 0) is 25.6 Å². The molecule has 1 aromatic carbocycles. The summed E-state index contributed by atoms with van der Waals surface area (Å²) >= 11 is 0. The minimum atomic E-state index is -0.262.